The highest BCUT2D eigenvalue weighted by Gasteiger charge is 2.19. The summed E-state index contributed by atoms with van der Waals surface area (Å²) in [6.45, 7) is 0. The summed E-state index contributed by atoms with van der Waals surface area (Å²) >= 11 is 6.67. The lowest BCUT2D eigenvalue weighted by atomic mass is 9.96. The fraction of sp³-hybridized carbons (Fsp3) is 0.286. The van der Waals surface area contributed by atoms with Gasteiger partial charge in [-0.3, -0.25) is 4.79 Å². The van der Waals surface area contributed by atoms with Crippen molar-refractivity contribution in [3.8, 4) is 0 Å². The summed E-state index contributed by atoms with van der Waals surface area (Å²) in [5, 5.41) is 5.99. The molecule has 0 spiro atoms. The van der Waals surface area contributed by atoms with Crippen LogP contribution in [0.2, 0.25) is 0 Å². The van der Waals surface area contributed by atoms with Gasteiger partial charge in [0, 0.05) is 15.1 Å². The SMILES string of the molecule is O=C(NN=Cc1ccc(Br)s1)c1csc2c1CCCC2. The lowest BCUT2D eigenvalue weighted by Crippen LogP contribution is -2.19. The normalized spacial score (nSPS) is 14.4. The van der Waals surface area contributed by atoms with Crippen molar-refractivity contribution in [3.63, 3.8) is 0 Å². The molecule has 2 aromatic heterocycles. The van der Waals surface area contributed by atoms with E-state index in [0.717, 1.165) is 27.1 Å². The molecule has 3 rings (SSSR count). The van der Waals surface area contributed by atoms with Crippen LogP contribution >= 0.6 is 38.6 Å². The number of fused-ring (bicyclic) bond motifs is 1. The monoisotopic (exact) mass is 368 g/mol. The fourth-order valence-corrected chi connectivity index (χ4v) is 4.72. The molecular formula is C14H13BrN2OS2. The molecule has 0 aromatic carbocycles. The van der Waals surface area contributed by atoms with Crippen molar-refractivity contribution in [1.82, 2.24) is 5.43 Å². The summed E-state index contributed by atoms with van der Waals surface area (Å²) in [4.78, 5) is 14.5. The van der Waals surface area contributed by atoms with Crippen molar-refractivity contribution in [2.24, 2.45) is 5.10 Å². The van der Waals surface area contributed by atoms with Gasteiger partial charge in [0.25, 0.3) is 5.91 Å². The first kappa shape index (κ1) is 14.0. The Morgan fingerprint density at radius 1 is 1.35 bits per heavy atom. The Labute approximate surface area is 133 Å². The van der Waals surface area contributed by atoms with Crippen LogP contribution in [0.1, 0.15) is 38.5 Å². The number of rotatable bonds is 3. The summed E-state index contributed by atoms with van der Waals surface area (Å²) in [5.41, 5.74) is 4.65. The van der Waals surface area contributed by atoms with E-state index >= 15 is 0 Å². The molecule has 1 aliphatic carbocycles. The molecule has 0 unspecified atom stereocenters. The molecule has 2 aromatic rings. The zero-order valence-electron chi connectivity index (χ0n) is 10.7. The molecule has 0 aliphatic heterocycles. The van der Waals surface area contributed by atoms with Gasteiger partial charge in [-0.2, -0.15) is 5.10 Å². The number of carbonyl (C=O) groups excluding carboxylic acids is 1. The maximum atomic E-state index is 12.1. The van der Waals surface area contributed by atoms with Crippen LogP contribution in [0.15, 0.2) is 26.4 Å². The molecule has 6 heteroatoms. The molecule has 0 atom stereocenters. The molecule has 1 amide bonds. The van der Waals surface area contributed by atoms with Crippen molar-refractivity contribution in [1.29, 1.82) is 0 Å². The quantitative estimate of drug-likeness (QED) is 0.639. The van der Waals surface area contributed by atoms with Gasteiger partial charge in [0.05, 0.1) is 15.6 Å². The lowest BCUT2D eigenvalue weighted by Gasteiger charge is -2.11. The molecule has 0 fully saturated rings. The number of thiophene rings is 2. The third-order valence-corrected chi connectivity index (χ3v) is 5.90. The molecule has 1 aliphatic rings. The van der Waals surface area contributed by atoms with Crippen molar-refractivity contribution in [2.45, 2.75) is 25.7 Å². The Bertz CT molecular complexity index is 660. The number of nitrogens with one attached hydrogen (secondary N) is 1. The predicted molar refractivity (Wildman–Crippen MR) is 88.0 cm³/mol. The van der Waals surface area contributed by atoms with E-state index in [1.54, 1.807) is 28.9 Å². The Morgan fingerprint density at radius 3 is 3.00 bits per heavy atom. The van der Waals surface area contributed by atoms with Crippen LogP contribution in [0.3, 0.4) is 0 Å². The minimum absolute atomic E-state index is 0.101. The Balaban J connectivity index is 1.67. The molecule has 3 nitrogen and oxygen atoms in total. The highest BCUT2D eigenvalue weighted by Crippen LogP contribution is 2.30. The lowest BCUT2D eigenvalue weighted by molar-refractivity contribution is 0.0954. The van der Waals surface area contributed by atoms with E-state index in [0.29, 0.717) is 0 Å². The average Bonchev–Trinajstić information content (AvgIpc) is 3.05. The molecule has 0 saturated heterocycles. The number of amides is 1. The minimum atomic E-state index is -0.101. The molecule has 0 bridgehead atoms. The van der Waals surface area contributed by atoms with Gasteiger partial charge in [0.15, 0.2) is 0 Å². The number of carbonyl (C=O) groups is 1. The third kappa shape index (κ3) is 3.02. The zero-order chi connectivity index (χ0) is 13.9. The van der Waals surface area contributed by atoms with Gasteiger partial charge in [-0.15, -0.1) is 22.7 Å². The number of aryl methyl sites for hydroxylation is 1. The predicted octanol–water partition coefficient (Wildman–Crippen LogP) is 4.21. The first-order valence-electron chi connectivity index (χ1n) is 6.42. The largest absolute Gasteiger partial charge is 0.272 e. The van der Waals surface area contributed by atoms with E-state index in [1.807, 2.05) is 17.5 Å². The number of halogens is 1. The number of hydrogen-bond acceptors (Lipinski definition) is 4. The molecule has 2 heterocycles. The van der Waals surface area contributed by atoms with E-state index in [1.165, 1.54) is 23.3 Å². The maximum Gasteiger partial charge on any atom is 0.272 e. The summed E-state index contributed by atoms with van der Waals surface area (Å²) in [6, 6.07) is 3.92. The second kappa shape index (κ2) is 6.20. The number of nitrogens with zero attached hydrogens (tertiary/aromatic N) is 1. The van der Waals surface area contributed by atoms with Crippen molar-refractivity contribution >= 4 is 50.7 Å². The minimum Gasteiger partial charge on any atom is -0.267 e. The van der Waals surface area contributed by atoms with Crippen LogP contribution in [0.25, 0.3) is 0 Å². The second-order valence-electron chi connectivity index (χ2n) is 4.60. The smallest absolute Gasteiger partial charge is 0.267 e. The first-order valence-corrected chi connectivity index (χ1v) is 8.91. The zero-order valence-corrected chi connectivity index (χ0v) is 13.9. The van der Waals surface area contributed by atoms with Crippen LogP contribution < -0.4 is 5.43 Å². The first-order chi connectivity index (χ1) is 9.74. The van der Waals surface area contributed by atoms with Gasteiger partial charge in [0.2, 0.25) is 0 Å². The molecule has 20 heavy (non-hydrogen) atoms. The second-order valence-corrected chi connectivity index (χ2v) is 8.06. The summed E-state index contributed by atoms with van der Waals surface area (Å²) in [5.74, 6) is -0.101. The number of hydrogen-bond donors (Lipinski definition) is 1. The van der Waals surface area contributed by atoms with Crippen LogP contribution in [-0.2, 0) is 12.8 Å². The topological polar surface area (TPSA) is 41.5 Å². The van der Waals surface area contributed by atoms with Gasteiger partial charge in [-0.1, -0.05) is 0 Å². The van der Waals surface area contributed by atoms with Gasteiger partial charge in [-0.05, 0) is 59.3 Å². The van der Waals surface area contributed by atoms with E-state index in [9.17, 15) is 4.79 Å². The maximum absolute atomic E-state index is 12.1. The van der Waals surface area contributed by atoms with Crippen LogP contribution in [0, 0.1) is 0 Å². The van der Waals surface area contributed by atoms with Crippen LogP contribution in [0.4, 0.5) is 0 Å². The summed E-state index contributed by atoms with van der Waals surface area (Å²) in [7, 11) is 0. The molecule has 104 valence electrons. The average molecular weight is 369 g/mol. The van der Waals surface area contributed by atoms with E-state index in [-0.39, 0.29) is 5.91 Å². The van der Waals surface area contributed by atoms with Gasteiger partial charge >= 0.3 is 0 Å². The van der Waals surface area contributed by atoms with Gasteiger partial charge in [-0.25, -0.2) is 5.43 Å². The standard InChI is InChI=1S/C14H13BrN2OS2/c15-13-6-5-9(20-13)7-16-17-14(18)11-8-19-12-4-2-1-3-10(11)12/h5-8H,1-4H2,(H,17,18). The Morgan fingerprint density at radius 2 is 2.20 bits per heavy atom. The third-order valence-electron chi connectivity index (χ3n) is 3.26. The molecule has 0 saturated carbocycles. The Kier molecular flexibility index (Phi) is 4.33. The molecular weight excluding hydrogens is 356 g/mol. The van der Waals surface area contributed by atoms with E-state index in [2.05, 4.69) is 26.5 Å². The highest BCUT2D eigenvalue weighted by molar-refractivity contribution is 9.11. The van der Waals surface area contributed by atoms with Crippen molar-refractivity contribution in [2.75, 3.05) is 0 Å². The van der Waals surface area contributed by atoms with E-state index in [4.69, 9.17) is 0 Å². The van der Waals surface area contributed by atoms with Crippen LogP contribution in [0.5, 0.6) is 0 Å². The molecule has 0 radical (unpaired) electrons. The Hall–Kier alpha value is -0.980. The summed E-state index contributed by atoms with van der Waals surface area (Å²) < 4.78 is 1.05. The van der Waals surface area contributed by atoms with Crippen LogP contribution in [-0.4, -0.2) is 12.1 Å². The van der Waals surface area contributed by atoms with Gasteiger partial charge in [0.1, 0.15) is 0 Å². The fourth-order valence-electron chi connectivity index (χ4n) is 2.30. The number of hydrazone groups is 1. The highest BCUT2D eigenvalue weighted by atomic mass is 79.9. The van der Waals surface area contributed by atoms with Crippen molar-refractivity contribution in [3.05, 3.63) is 42.2 Å². The summed E-state index contributed by atoms with van der Waals surface area (Å²) in [6.07, 6.45) is 6.21. The van der Waals surface area contributed by atoms with Crippen molar-refractivity contribution < 1.29 is 4.79 Å². The van der Waals surface area contributed by atoms with Gasteiger partial charge < -0.3 is 0 Å². The van der Waals surface area contributed by atoms with E-state index < -0.39 is 0 Å². The molecule has 1 N–H and O–H groups in total.